The van der Waals surface area contributed by atoms with Crippen molar-refractivity contribution in [1.82, 2.24) is 0 Å². The Morgan fingerprint density at radius 3 is 2.44 bits per heavy atom. The van der Waals surface area contributed by atoms with E-state index in [0.29, 0.717) is 15.8 Å². The molecule has 2 heterocycles. The Labute approximate surface area is 206 Å². The minimum atomic E-state index is -0.721. The largest absolute Gasteiger partial charge is 0.504 e. The molecule has 0 atom stereocenters. The van der Waals surface area contributed by atoms with Crippen LogP contribution in [-0.2, 0) is 4.79 Å². The maximum atomic E-state index is 13.3. The summed E-state index contributed by atoms with van der Waals surface area (Å²) in [6.07, 6.45) is 2.80. The fraction of sp³-hybridized carbons (Fsp3) is 0. The number of esters is 1. The molecule has 0 saturated heterocycles. The average Bonchev–Trinajstić information content (AvgIpc) is 3.31. The molecule has 1 N–H and O–H groups in total. The number of ketones is 2. The van der Waals surface area contributed by atoms with Gasteiger partial charge in [-0.3, -0.25) is 9.59 Å². The Bertz CT molecular complexity index is 1480. The molecule has 0 radical (unpaired) electrons. The SMILES string of the molecule is O=C(C=Cc1ccccc1)Oc1cc2c(cc1O)C(=O)c1sc3c(Br)sc(Br)c3c1C2=O. The van der Waals surface area contributed by atoms with Gasteiger partial charge in [-0.05, 0) is 55.6 Å². The second kappa shape index (κ2) is 8.08. The highest BCUT2D eigenvalue weighted by molar-refractivity contribution is 9.12. The lowest BCUT2D eigenvalue weighted by atomic mass is 9.87. The van der Waals surface area contributed by atoms with E-state index in [1.54, 1.807) is 6.08 Å². The first-order valence-corrected chi connectivity index (χ1v) is 12.4. The minimum Gasteiger partial charge on any atom is -0.504 e. The number of carbonyl (C=O) groups excluding carboxylic acids is 3. The van der Waals surface area contributed by atoms with Crippen molar-refractivity contribution in [3.63, 3.8) is 0 Å². The van der Waals surface area contributed by atoms with Crippen LogP contribution in [-0.4, -0.2) is 22.6 Å². The lowest BCUT2D eigenvalue weighted by Gasteiger charge is -2.16. The Kier molecular flexibility index (Phi) is 5.37. The summed E-state index contributed by atoms with van der Waals surface area (Å²) in [5, 5.41) is 11.0. The highest BCUT2D eigenvalue weighted by Crippen LogP contribution is 2.49. The third kappa shape index (κ3) is 3.45. The number of phenolic OH excluding ortho intramolecular Hbond substituents is 1. The van der Waals surface area contributed by atoms with E-state index in [2.05, 4.69) is 31.9 Å². The maximum Gasteiger partial charge on any atom is 0.336 e. The van der Waals surface area contributed by atoms with Crippen molar-refractivity contribution in [3.8, 4) is 11.5 Å². The van der Waals surface area contributed by atoms with E-state index in [0.717, 1.165) is 17.8 Å². The van der Waals surface area contributed by atoms with Gasteiger partial charge in [0.25, 0.3) is 0 Å². The van der Waals surface area contributed by atoms with Gasteiger partial charge >= 0.3 is 5.97 Å². The van der Waals surface area contributed by atoms with Crippen LogP contribution in [0.4, 0.5) is 0 Å². The molecule has 158 valence electrons. The predicted octanol–water partition coefficient (Wildman–Crippen LogP) is 6.59. The summed E-state index contributed by atoms with van der Waals surface area (Å²) in [5.74, 6) is -2.01. The molecule has 1 aliphatic rings. The molecule has 9 heteroatoms. The van der Waals surface area contributed by atoms with E-state index in [1.807, 2.05) is 30.3 Å². The van der Waals surface area contributed by atoms with Crippen molar-refractivity contribution in [2.75, 3.05) is 0 Å². The van der Waals surface area contributed by atoms with Gasteiger partial charge < -0.3 is 9.84 Å². The van der Waals surface area contributed by atoms with Gasteiger partial charge in [-0.15, -0.1) is 22.7 Å². The van der Waals surface area contributed by atoms with Gasteiger partial charge in [-0.2, -0.15) is 0 Å². The summed E-state index contributed by atoms with van der Waals surface area (Å²) >= 11 is 9.61. The molecular formula is C23H10Br2O5S2. The zero-order valence-electron chi connectivity index (χ0n) is 15.8. The summed E-state index contributed by atoms with van der Waals surface area (Å²) in [6.45, 7) is 0. The summed E-state index contributed by atoms with van der Waals surface area (Å²) in [6, 6.07) is 11.6. The fourth-order valence-corrected chi connectivity index (χ4v) is 8.12. The predicted molar refractivity (Wildman–Crippen MR) is 131 cm³/mol. The lowest BCUT2D eigenvalue weighted by Crippen LogP contribution is -2.19. The summed E-state index contributed by atoms with van der Waals surface area (Å²) < 4.78 is 7.63. The van der Waals surface area contributed by atoms with Crippen LogP contribution in [0, 0.1) is 0 Å². The smallest absolute Gasteiger partial charge is 0.336 e. The second-order valence-corrected chi connectivity index (χ2v) is 11.5. The van der Waals surface area contributed by atoms with Crippen molar-refractivity contribution in [1.29, 1.82) is 0 Å². The number of halogens is 2. The van der Waals surface area contributed by atoms with Crippen LogP contribution in [0.1, 0.15) is 36.7 Å². The Morgan fingerprint density at radius 1 is 0.969 bits per heavy atom. The molecule has 1 aliphatic carbocycles. The Hall–Kier alpha value is -2.59. The van der Waals surface area contributed by atoms with Gasteiger partial charge in [0.1, 0.15) is 0 Å². The second-order valence-electron chi connectivity index (χ2n) is 6.85. The van der Waals surface area contributed by atoms with E-state index < -0.39 is 11.7 Å². The minimum absolute atomic E-state index is 0.0828. The highest BCUT2D eigenvalue weighted by Gasteiger charge is 2.36. The summed E-state index contributed by atoms with van der Waals surface area (Å²) in [7, 11) is 0. The molecule has 0 saturated carbocycles. The Morgan fingerprint density at radius 2 is 1.69 bits per heavy atom. The molecule has 32 heavy (non-hydrogen) atoms. The summed E-state index contributed by atoms with van der Waals surface area (Å²) in [5.41, 5.74) is 1.30. The van der Waals surface area contributed by atoms with Gasteiger partial charge in [-0.25, -0.2) is 4.79 Å². The van der Waals surface area contributed by atoms with Crippen molar-refractivity contribution < 1.29 is 24.2 Å². The van der Waals surface area contributed by atoms with E-state index in [9.17, 15) is 19.5 Å². The lowest BCUT2D eigenvalue weighted by molar-refractivity contribution is -0.129. The topological polar surface area (TPSA) is 80.7 Å². The third-order valence-electron chi connectivity index (χ3n) is 4.91. The van der Waals surface area contributed by atoms with Crippen molar-refractivity contribution in [3.05, 3.63) is 83.2 Å². The number of carbonyl (C=O) groups is 3. The van der Waals surface area contributed by atoms with Gasteiger partial charge in [0, 0.05) is 22.6 Å². The zero-order chi connectivity index (χ0) is 22.6. The average molecular weight is 590 g/mol. The van der Waals surface area contributed by atoms with Crippen molar-refractivity contribution in [2.45, 2.75) is 0 Å². The number of rotatable bonds is 3. The number of hydrogen-bond donors (Lipinski definition) is 1. The zero-order valence-corrected chi connectivity index (χ0v) is 20.7. The molecular weight excluding hydrogens is 580 g/mol. The normalized spacial score (nSPS) is 12.9. The third-order valence-corrected chi connectivity index (χ3v) is 9.03. The number of ether oxygens (including phenoxy) is 1. The number of fused-ring (bicyclic) bond motifs is 4. The van der Waals surface area contributed by atoms with Gasteiger partial charge in [0.2, 0.25) is 5.78 Å². The quantitative estimate of drug-likeness (QED) is 0.146. The molecule has 4 aromatic rings. The van der Waals surface area contributed by atoms with E-state index in [4.69, 9.17) is 4.74 Å². The monoisotopic (exact) mass is 588 g/mol. The molecule has 5 rings (SSSR count). The van der Waals surface area contributed by atoms with Gasteiger partial charge in [0.05, 0.1) is 22.7 Å². The van der Waals surface area contributed by atoms with Crippen LogP contribution in [0.25, 0.3) is 16.2 Å². The number of hydrogen-bond acceptors (Lipinski definition) is 7. The van der Waals surface area contributed by atoms with Gasteiger partial charge in [-0.1, -0.05) is 30.3 Å². The molecule has 0 bridgehead atoms. The first kappa shape index (κ1) is 21.3. The molecule has 0 aliphatic heterocycles. The van der Waals surface area contributed by atoms with Crippen LogP contribution in [0.15, 0.2) is 56.1 Å². The summed E-state index contributed by atoms with van der Waals surface area (Å²) in [4.78, 5) is 39.0. The van der Waals surface area contributed by atoms with Crippen LogP contribution < -0.4 is 4.74 Å². The molecule has 2 aromatic heterocycles. The molecule has 0 unspecified atom stereocenters. The molecule has 2 aromatic carbocycles. The standard InChI is InChI=1S/C23H10Br2O5S2/c24-22-17-16-18(28)12-9-14(30-15(27)7-6-10-4-2-1-3-5-10)13(26)8-11(12)19(29)20(16)31-21(17)23(25)32-22/h1-9,26H. The van der Waals surface area contributed by atoms with Crippen molar-refractivity contribution >= 4 is 88.2 Å². The van der Waals surface area contributed by atoms with Crippen LogP contribution >= 0.6 is 54.5 Å². The number of thiophene rings is 2. The molecule has 0 spiro atoms. The van der Waals surface area contributed by atoms with E-state index >= 15 is 0 Å². The maximum absolute atomic E-state index is 13.3. The fourth-order valence-electron chi connectivity index (χ4n) is 3.46. The highest BCUT2D eigenvalue weighted by atomic mass is 79.9. The molecule has 5 nitrogen and oxygen atoms in total. The van der Waals surface area contributed by atoms with Gasteiger partial charge in [0.15, 0.2) is 17.3 Å². The van der Waals surface area contributed by atoms with E-state index in [-0.39, 0.29) is 28.4 Å². The van der Waals surface area contributed by atoms with Crippen LogP contribution in [0.3, 0.4) is 0 Å². The Balaban J connectivity index is 1.52. The van der Waals surface area contributed by atoms with Crippen LogP contribution in [0.2, 0.25) is 0 Å². The van der Waals surface area contributed by atoms with E-state index in [1.165, 1.54) is 40.9 Å². The molecule has 0 fully saturated rings. The number of phenols is 1. The first-order valence-electron chi connectivity index (χ1n) is 9.16. The molecule has 0 amide bonds. The number of benzene rings is 2. The first-order chi connectivity index (χ1) is 15.3. The van der Waals surface area contributed by atoms with Crippen molar-refractivity contribution in [2.24, 2.45) is 0 Å². The van der Waals surface area contributed by atoms with Crippen LogP contribution in [0.5, 0.6) is 11.5 Å². The number of aromatic hydroxyl groups is 1.